The zero-order chi connectivity index (χ0) is 11.7. The van der Waals surface area contributed by atoms with Gasteiger partial charge in [0, 0.05) is 6.20 Å². The number of nitrogens with one attached hydrogen (secondary N) is 1. The van der Waals surface area contributed by atoms with E-state index < -0.39 is 11.8 Å². The Bertz CT molecular complexity index is 574. The van der Waals surface area contributed by atoms with Gasteiger partial charge in [0.1, 0.15) is 11.3 Å². The number of fused-ring (bicyclic) bond motifs is 1. The molecular formula is C9H9N5O2. The van der Waals surface area contributed by atoms with Gasteiger partial charge in [-0.15, -0.1) is 0 Å². The molecule has 0 unspecified atom stereocenters. The molecule has 0 bridgehead atoms. The average Bonchev–Trinajstić information content (AvgIpc) is 2.67. The molecule has 0 aliphatic heterocycles. The summed E-state index contributed by atoms with van der Waals surface area (Å²) in [5.41, 5.74) is 7.50. The van der Waals surface area contributed by atoms with Gasteiger partial charge in [-0.2, -0.15) is 0 Å². The lowest BCUT2D eigenvalue weighted by molar-refractivity contribution is 0.0930. The summed E-state index contributed by atoms with van der Waals surface area (Å²) >= 11 is 0. The molecule has 0 aliphatic carbocycles. The number of primary amides is 1. The standard InChI is InChI=1S/C9H9N5O2/c10-8(15)7-6(9(16)13-11)12-5-3-1-2-4-14(5)7/h1-4H,11H2,(H2,10,15)(H,13,16). The second kappa shape index (κ2) is 3.63. The molecule has 2 aromatic rings. The SMILES string of the molecule is NNC(=O)c1nc2ccccn2c1C(N)=O. The number of pyridine rings is 1. The Morgan fingerprint density at radius 2 is 2.12 bits per heavy atom. The minimum absolute atomic E-state index is 0.0125. The Balaban J connectivity index is 2.78. The van der Waals surface area contributed by atoms with Crippen molar-refractivity contribution in [2.45, 2.75) is 0 Å². The molecule has 16 heavy (non-hydrogen) atoms. The predicted octanol–water partition coefficient (Wildman–Crippen LogP) is -0.963. The molecule has 0 spiro atoms. The van der Waals surface area contributed by atoms with Gasteiger partial charge >= 0.3 is 0 Å². The van der Waals surface area contributed by atoms with Crippen LogP contribution in [0.25, 0.3) is 5.65 Å². The van der Waals surface area contributed by atoms with Crippen molar-refractivity contribution in [3.8, 4) is 0 Å². The van der Waals surface area contributed by atoms with E-state index in [1.807, 2.05) is 5.43 Å². The molecule has 0 fully saturated rings. The van der Waals surface area contributed by atoms with Crippen LogP contribution in [0, 0.1) is 0 Å². The lowest BCUT2D eigenvalue weighted by Gasteiger charge is -1.98. The first kappa shape index (κ1) is 10.1. The van der Waals surface area contributed by atoms with E-state index in [1.54, 1.807) is 24.4 Å². The summed E-state index contributed by atoms with van der Waals surface area (Å²) in [5.74, 6) is 3.60. The van der Waals surface area contributed by atoms with Gasteiger partial charge in [0.2, 0.25) is 0 Å². The fourth-order valence-electron chi connectivity index (χ4n) is 1.46. The molecular weight excluding hydrogens is 210 g/mol. The molecule has 0 saturated carbocycles. The zero-order valence-electron chi connectivity index (χ0n) is 8.18. The van der Waals surface area contributed by atoms with Crippen LogP contribution in [-0.2, 0) is 0 Å². The third-order valence-electron chi connectivity index (χ3n) is 2.11. The minimum atomic E-state index is -0.739. The number of rotatable bonds is 2. The number of carbonyl (C=O) groups excluding carboxylic acids is 2. The molecule has 2 aromatic heterocycles. The fourth-order valence-corrected chi connectivity index (χ4v) is 1.46. The van der Waals surface area contributed by atoms with Crippen molar-refractivity contribution in [2.24, 2.45) is 11.6 Å². The summed E-state index contributed by atoms with van der Waals surface area (Å²) in [6, 6.07) is 5.09. The number of nitrogens with two attached hydrogens (primary N) is 2. The lowest BCUT2D eigenvalue weighted by atomic mass is 10.3. The van der Waals surface area contributed by atoms with Crippen LogP contribution in [-0.4, -0.2) is 21.2 Å². The molecule has 0 aromatic carbocycles. The number of nitrogens with zero attached hydrogens (tertiary/aromatic N) is 2. The molecule has 7 nitrogen and oxygen atoms in total. The van der Waals surface area contributed by atoms with E-state index in [-0.39, 0.29) is 11.4 Å². The fraction of sp³-hybridized carbons (Fsp3) is 0. The first-order chi connectivity index (χ1) is 7.65. The van der Waals surface area contributed by atoms with Gasteiger partial charge in [-0.3, -0.25) is 19.4 Å². The van der Waals surface area contributed by atoms with E-state index in [2.05, 4.69) is 4.98 Å². The van der Waals surface area contributed by atoms with Crippen molar-refractivity contribution < 1.29 is 9.59 Å². The second-order valence-electron chi connectivity index (χ2n) is 3.08. The van der Waals surface area contributed by atoms with E-state index in [9.17, 15) is 9.59 Å². The molecule has 2 rings (SSSR count). The summed E-state index contributed by atoms with van der Waals surface area (Å²) in [6.07, 6.45) is 1.59. The van der Waals surface area contributed by atoms with Crippen molar-refractivity contribution in [1.29, 1.82) is 0 Å². The smallest absolute Gasteiger partial charge is 0.286 e. The number of hydrogen-bond acceptors (Lipinski definition) is 4. The number of nitrogen functional groups attached to an aromatic ring is 1. The van der Waals surface area contributed by atoms with E-state index in [1.165, 1.54) is 4.40 Å². The van der Waals surface area contributed by atoms with Crippen LogP contribution in [0.15, 0.2) is 24.4 Å². The van der Waals surface area contributed by atoms with Crippen LogP contribution in [0.4, 0.5) is 0 Å². The zero-order valence-corrected chi connectivity index (χ0v) is 8.18. The molecule has 2 heterocycles. The van der Waals surface area contributed by atoms with Crippen molar-refractivity contribution >= 4 is 17.5 Å². The Morgan fingerprint density at radius 1 is 1.38 bits per heavy atom. The normalized spacial score (nSPS) is 10.3. The quantitative estimate of drug-likeness (QED) is 0.342. The minimum Gasteiger partial charge on any atom is -0.364 e. The van der Waals surface area contributed by atoms with Crippen LogP contribution in [0.3, 0.4) is 0 Å². The number of amides is 2. The Kier molecular flexibility index (Phi) is 2.29. The molecule has 0 saturated heterocycles. The van der Waals surface area contributed by atoms with Gasteiger partial charge in [0.15, 0.2) is 5.69 Å². The Morgan fingerprint density at radius 3 is 2.75 bits per heavy atom. The number of aromatic nitrogens is 2. The Hall–Kier alpha value is -2.41. The lowest BCUT2D eigenvalue weighted by Crippen LogP contribution is -2.32. The number of hydrazine groups is 1. The number of carbonyl (C=O) groups is 2. The van der Waals surface area contributed by atoms with Crippen molar-refractivity contribution in [1.82, 2.24) is 14.8 Å². The van der Waals surface area contributed by atoms with Gasteiger partial charge in [-0.05, 0) is 12.1 Å². The van der Waals surface area contributed by atoms with E-state index in [0.29, 0.717) is 5.65 Å². The maximum atomic E-state index is 11.4. The van der Waals surface area contributed by atoms with Crippen LogP contribution < -0.4 is 17.0 Å². The van der Waals surface area contributed by atoms with E-state index in [0.717, 1.165) is 0 Å². The summed E-state index contributed by atoms with van der Waals surface area (Å²) in [5, 5.41) is 0. The molecule has 82 valence electrons. The third kappa shape index (κ3) is 1.39. The summed E-state index contributed by atoms with van der Waals surface area (Å²) in [6.45, 7) is 0. The largest absolute Gasteiger partial charge is 0.364 e. The topological polar surface area (TPSA) is 116 Å². The van der Waals surface area contributed by atoms with Crippen molar-refractivity contribution in [2.75, 3.05) is 0 Å². The molecule has 2 amide bonds. The third-order valence-corrected chi connectivity index (χ3v) is 2.11. The van der Waals surface area contributed by atoms with Gasteiger partial charge in [0.05, 0.1) is 0 Å². The van der Waals surface area contributed by atoms with Gasteiger partial charge in [0.25, 0.3) is 11.8 Å². The molecule has 0 radical (unpaired) electrons. The first-order valence-corrected chi connectivity index (χ1v) is 4.43. The van der Waals surface area contributed by atoms with Crippen molar-refractivity contribution in [3.05, 3.63) is 35.8 Å². The van der Waals surface area contributed by atoms with Crippen LogP contribution in [0.2, 0.25) is 0 Å². The highest BCUT2D eigenvalue weighted by Gasteiger charge is 2.21. The summed E-state index contributed by atoms with van der Waals surface area (Å²) < 4.78 is 1.44. The van der Waals surface area contributed by atoms with Crippen LogP contribution in [0.1, 0.15) is 21.0 Å². The highest BCUT2D eigenvalue weighted by molar-refractivity contribution is 6.05. The van der Waals surface area contributed by atoms with Gasteiger partial charge in [-0.1, -0.05) is 6.07 Å². The van der Waals surface area contributed by atoms with Gasteiger partial charge in [-0.25, -0.2) is 10.8 Å². The maximum Gasteiger partial charge on any atom is 0.286 e. The highest BCUT2D eigenvalue weighted by Crippen LogP contribution is 2.11. The summed E-state index contributed by atoms with van der Waals surface area (Å²) in [4.78, 5) is 26.6. The maximum absolute atomic E-state index is 11.4. The second-order valence-corrected chi connectivity index (χ2v) is 3.08. The molecule has 0 atom stereocenters. The monoisotopic (exact) mass is 219 g/mol. The molecule has 7 heteroatoms. The predicted molar refractivity (Wildman–Crippen MR) is 55.4 cm³/mol. The number of imidazole rings is 1. The van der Waals surface area contributed by atoms with E-state index >= 15 is 0 Å². The highest BCUT2D eigenvalue weighted by atomic mass is 16.2. The van der Waals surface area contributed by atoms with Crippen molar-refractivity contribution in [3.63, 3.8) is 0 Å². The van der Waals surface area contributed by atoms with E-state index in [4.69, 9.17) is 11.6 Å². The average molecular weight is 219 g/mol. The van der Waals surface area contributed by atoms with Gasteiger partial charge < -0.3 is 5.73 Å². The molecule has 5 N–H and O–H groups in total. The van der Waals surface area contributed by atoms with Crippen LogP contribution in [0.5, 0.6) is 0 Å². The molecule has 0 aliphatic rings. The first-order valence-electron chi connectivity index (χ1n) is 4.43. The van der Waals surface area contributed by atoms with Crippen LogP contribution >= 0.6 is 0 Å². The summed E-state index contributed by atoms with van der Waals surface area (Å²) in [7, 11) is 0. The Labute approximate surface area is 90.0 Å². The number of hydrogen-bond donors (Lipinski definition) is 3.